The second kappa shape index (κ2) is 23.7. The van der Waals surface area contributed by atoms with Crippen molar-refractivity contribution in [1.82, 2.24) is 9.97 Å². The molecule has 2 aromatic heterocycles. The number of ether oxygens (including phenoxy) is 2. The lowest BCUT2D eigenvalue weighted by atomic mass is 9.87. The SMILES string of the molecule is CCCCO/C(=N\SSc1cccnc1)OCc1ccc(C(C)(C)C)cc1.CCCCS/C(=N\c1cccnc1)SCc1ccc(C(C)(C)C)cc1. The average Bonchev–Trinajstić information content (AvgIpc) is 3.13. The van der Waals surface area contributed by atoms with Crippen molar-refractivity contribution in [2.45, 2.75) is 109 Å². The number of aliphatic imine (C=N–C) groups is 1. The number of thioether (sulfide) groups is 2. The van der Waals surface area contributed by atoms with Gasteiger partial charge in [-0.05, 0) is 86.7 Å². The molecule has 0 fully saturated rings. The molecular weight excluding hydrogens is 721 g/mol. The third kappa shape index (κ3) is 17.7. The van der Waals surface area contributed by atoms with Crippen molar-refractivity contribution in [3.05, 3.63) is 120 Å². The van der Waals surface area contributed by atoms with Gasteiger partial charge in [0.25, 0.3) is 0 Å². The Labute approximate surface area is 329 Å². The highest BCUT2D eigenvalue weighted by atomic mass is 33.1. The summed E-state index contributed by atoms with van der Waals surface area (Å²) in [5.41, 5.74) is 6.40. The minimum Gasteiger partial charge on any atom is -0.450 e. The molecule has 0 aliphatic carbocycles. The summed E-state index contributed by atoms with van der Waals surface area (Å²) in [5.74, 6) is 2.06. The van der Waals surface area contributed by atoms with Gasteiger partial charge < -0.3 is 9.47 Å². The highest BCUT2D eigenvalue weighted by Gasteiger charge is 2.14. The van der Waals surface area contributed by atoms with Gasteiger partial charge in [-0.3, -0.25) is 9.97 Å². The van der Waals surface area contributed by atoms with Crippen molar-refractivity contribution in [3.63, 3.8) is 0 Å². The predicted octanol–water partition coefficient (Wildman–Crippen LogP) is 13.3. The van der Waals surface area contributed by atoms with Gasteiger partial charge in [-0.15, -0.1) is 4.40 Å². The van der Waals surface area contributed by atoms with E-state index in [1.165, 1.54) is 51.3 Å². The van der Waals surface area contributed by atoms with E-state index in [-0.39, 0.29) is 10.8 Å². The maximum absolute atomic E-state index is 5.82. The van der Waals surface area contributed by atoms with Gasteiger partial charge in [-0.2, -0.15) is 0 Å². The Morgan fingerprint density at radius 1 is 0.692 bits per heavy atom. The number of rotatable bonds is 14. The smallest absolute Gasteiger partial charge is 0.396 e. The van der Waals surface area contributed by atoms with Crippen LogP contribution in [-0.4, -0.2) is 32.8 Å². The summed E-state index contributed by atoms with van der Waals surface area (Å²) < 4.78 is 17.0. The standard InChI is InChI=1S/C21H28N2O2S2.C21H28N2S2/c1-5-6-14-24-20(23-27-26-19-8-7-13-22-15-19)25-16-17-9-11-18(12-10-17)21(2,3)4;1-5-6-14-24-20(23-19-8-7-13-22-15-19)25-16-17-9-11-18(12-10-17)21(2,3)4/h7-13,15H,5-6,14,16H2,1-4H3;7-13,15H,5-6,14,16H2,1-4H3/b2*23-20+. The second-order valence-corrected chi connectivity index (χ2v) is 18.4. The zero-order chi connectivity index (χ0) is 37.7. The van der Waals surface area contributed by atoms with Gasteiger partial charge in [0.05, 0.1) is 29.5 Å². The largest absolute Gasteiger partial charge is 0.450 e. The number of aromatic nitrogens is 2. The van der Waals surface area contributed by atoms with E-state index in [0.29, 0.717) is 19.3 Å². The van der Waals surface area contributed by atoms with Gasteiger partial charge in [0.1, 0.15) is 11.0 Å². The summed E-state index contributed by atoms with van der Waals surface area (Å²) in [5, 5.41) is 0. The summed E-state index contributed by atoms with van der Waals surface area (Å²) in [7, 11) is 2.85. The predicted molar refractivity (Wildman–Crippen MR) is 231 cm³/mol. The van der Waals surface area contributed by atoms with Crippen LogP contribution in [0.15, 0.2) is 112 Å². The summed E-state index contributed by atoms with van der Waals surface area (Å²) in [4.78, 5) is 14.1. The van der Waals surface area contributed by atoms with Crippen LogP contribution < -0.4 is 0 Å². The van der Waals surface area contributed by atoms with E-state index in [9.17, 15) is 0 Å². The molecule has 2 heterocycles. The molecule has 52 heavy (non-hydrogen) atoms. The molecule has 6 nitrogen and oxygen atoms in total. The second-order valence-electron chi connectivity index (χ2n) is 14.2. The van der Waals surface area contributed by atoms with E-state index in [0.717, 1.165) is 44.9 Å². The molecule has 2 aromatic carbocycles. The normalized spacial score (nSPS) is 12.2. The lowest BCUT2D eigenvalue weighted by Crippen LogP contribution is -2.12. The first kappa shape index (κ1) is 43.5. The van der Waals surface area contributed by atoms with E-state index in [2.05, 4.69) is 118 Å². The van der Waals surface area contributed by atoms with E-state index in [1.54, 1.807) is 12.4 Å². The molecule has 4 rings (SSSR count). The number of hydrogen-bond donors (Lipinski definition) is 0. The summed E-state index contributed by atoms with van der Waals surface area (Å²) in [6.07, 6.45) is 12.0. The molecular formula is C42H56N4O2S4. The molecule has 0 unspecified atom stereocenters. The van der Waals surface area contributed by atoms with E-state index >= 15 is 0 Å². The van der Waals surface area contributed by atoms with E-state index in [4.69, 9.17) is 14.5 Å². The minimum atomic E-state index is 0.148. The molecule has 10 heteroatoms. The van der Waals surface area contributed by atoms with Gasteiger partial charge in [0, 0.05) is 29.2 Å². The third-order valence-electron chi connectivity index (χ3n) is 7.56. The van der Waals surface area contributed by atoms with Gasteiger partial charge in [0.2, 0.25) is 0 Å². The lowest BCUT2D eigenvalue weighted by Gasteiger charge is -2.19. The highest BCUT2D eigenvalue weighted by Crippen LogP contribution is 2.32. The van der Waals surface area contributed by atoms with Crippen molar-refractivity contribution >= 4 is 61.4 Å². The monoisotopic (exact) mass is 776 g/mol. The van der Waals surface area contributed by atoms with Crippen LogP contribution in [0.5, 0.6) is 0 Å². The van der Waals surface area contributed by atoms with Crippen molar-refractivity contribution in [1.29, 1.82) is 0 Å². The quantitative estimate of drug-likeness (QED) is 0.0412. The first-order chi connectivity index (χ1) is 25.0. The summed E-state index contributed by atoms with van der Waals surface area (Å²) in [6.45, 7) is 18.8. The van der Waals surface area contributed by atoms with Crippen LogP contribution in [0.3, 0.4) is 0 Å². The average molecular weight is 777 g/mol. The molecule has 0 atom stereocenters. The van der Waals surface area contributed by atoms with Crippen LogP contribution in [-0.2, 0) is 32.7 Å². The number of hydrogen-bond acceptors (Lipinski definition) is 10. The van der Waals surface area contributed by atoms with E-state index in [1.807, 2.05) is 60.2 Å². The fourth-order valence-corrected chi connectivity index (χ4v) is 7.88. The first-order valence-corrected chi connectivity index (χ1v) is 22.1. The molecule has 280 valence electrons. The Balaban J connectivity index is 0.000000281. The van der Waals surface area contributed by atoms with Crippen LogP contribution in [0.2, 0.25) is 0 Å². The van der Waals surface area contributed by atoms with Crippen molar-refractivity contribution < 1.29 is 9.47 Å². The lowest BCUT2D eigenvalue weighted by molar-refractivity contribution is 0.157. The number of benzene rings is 2. The maximum Gasteiger partial charge on any atom is 0.396 e. The van der Waals surface area contributed by atoms with Gasteiger partial charge in [-0.25, -0.2) is 4.99 Å². The van der Waals surface area contributed by atoms with Crippen molar-refractivity contribution in [2.75, 3.05) is 12.4 Å². The van der Waals surface area contributed by atoms with Gasteiger partial charge >= 0.3 is 6.08 Å². The Morgan fingerprint density at radius 2 is 1.31 bits per heavy atom. The van der Waals surface area contributed by atoms with Crippen LogP contribution >= 0.6 is 45.3 Å². The third-order valence-corrected chi connectivity index (χ3v) is 11.7. The molecule has 0 N–H and O–H groups in total. The molecule has 0 spiro atoms. The number of unbranched alkanes of at least 4 members (excludes halogenated alkanes) is 2. The molecule has 0 saturated heterocycles. The zero-order valence-electron chi connectivity index (χ0n) is 32.1. The highest BCUT2D eigenvalue weighted by molar-refractivity contribution is 8.76. The Hall–Kier alpha value is -2.92. The summed E-state index contributed by atoms with van der Waals surface area (Å²) in [6, 6.07) is 25.3. The van der Waals surface area contributed by atoms with Crippen LogP contribution in [0, 0.1) is 0 Å². The molecule has 0 amide bonds. The Kier molecular flexibility index (Phi) is 19.8. The van der Waals surface area contributed by atoms with Crippen LogP contribution in [0.25, 0.3) is 0 Å². The van der Waals surface area contributed by atoms with Gasteiger partial charge in [-0.1, -0.05) is 140 Å². The maximum atomic E-state index is 5.82. The molecule has 0 saturated carbocycles. The van der Waals surface area contributed by atoms with Crippen LogP contribution in [0.1, 0.15) is 103 Å². The molecule has 0 aliphatic rings. The van der Waals surface area contributed by atoms with Crippen LogP contribution in [0.4, 0.5) is 5.69 Å². The Morgan fingerprint density at radius 3 is 1.87 bits per heavy atom. The Bertz CT molecular complexity index is 1600. The van der Waals surface area contributed by atoms with Gasteiger partial charge in [0.15, 0.2) is 0 Å². The van der Waals surface area contributed by atoms with E-state index < -0.39 is 0 Å². The molecule has 0 radical (unpaired) electrons. The molecule has 0 aliphatic heterocycles. The molecule has 0 bridgehead atoms. The number of pyridine rings is 2. The minimum absolute atomic E-state index is 0.148. The fraction of sp³-hybridized carbons (Fsp3) is 0.429. The molecule has 4 aromatic rings. The zero-order valence-corrected chi connectivity index (χ0v) is 35.4. The number of nitrogens with zero attached hydrogens (tertiary/aromatic N) is 4. The summed E-state index contributed by atoms with van der Waals surface area (Å²) >= 11 is 3.67. The first-order valence-electron chi connectivity index (χ1n) is 18.0. The topological polar surface area (TPSA) is 69.0 Å². The van der Waals surface area contributed by atoms with Crippen molar-refractivity contribution in [2.24, 2.45) is 9.39 Å². The van der Waals surface area contributed by atoms with Crippen molar-refractivity contribution in [3.8, 4) is 0 Å². The fourth-order valence-electron chi connectivity index (χ4n) is 4.31.